The van der Waals surface area contributed by atoms with Crippen LogP contribution in [0.2, 0.25) is 5.22 Å². The van der Waals surface area contributed by atoms with E-state index in [1.807, 2.05) is 13.8 Å². The van der Waals surface area contributed by atoms with Crippen molar-refractivity contribution in [3.05, 3.63) is 62.9 Å². The van der Waals surface area contributed by atoms with Gasteiger partial charge in [0, 0.05) is 18.4 Å². The molecule has 3 aromatic heterocycles. The molecule has 0 atom stereocenters. The summed E-state index contributed by atoms with van der Waals surface area (Å²) >= 11 is 5.65. The average molecular weight is 359 g/mol. The van der Waals surface area contributed by atoms with E-state index < -0.39 is 5.91 Å². The Labute approximate surface area is 147 Å². The van der Waals surface area contributed by atoms with E-state index in [4.69, 9.17) is 16.0 Å². The molecule has 3 heterocycles. The van der Waals surface area contributed by atoms with Gasteiger partial charge >= 0.3 is 0 Å². The summed E-state index contributed by atoms with van der Waals surface area (Å²) in [5.74, 6) is -0.224. The standard InChI is InChI=1S/C17H15ClN4O3/c1-3-22-9-13(15(23)12-6-4-10(2)20-16(12)22)17(24)21-19-8-11-5-7-14(18)25-11/h4-9H,3H2,1-2H3,(H,21,24)/b19-8+. The summed E-state index contributed by atoms with van der Waals surface area (Å²) in [4.78, 5) is 29.3. The Morgan fingerprint density at radius 3 is 2.88 bits per heavy atom. The zero-order valence-electron chi connectivity index (χ0n) is 13.6. The predicted octanol–water partition coefficient (Wildman–Crippen LogP) is 2.74. The first-order chi connectivity index (χ1) is 12.0. The largest absolute Gasteiger partial charge is 0.444 e. The fourth-order valence-electron chi connectivity index (χ4n) is 2.38. The van der Waals surface area contributed by atoms with E-state index in [2.05, 4.69) is 15.5 Å². The van der Waals surface area contributed by atoms with Crippen molar-refractivity contribution in [2.45, 2.75) is 20.4 Å². The predicted molar refractivity (Wildman–Crippen MR) is 95.2 cm³/mol. The number of nitrogens with zero attached hydrogens (tertiary/aromatic N) is 3. The number of fused-ring (bicyclic) bond motifs is 1. The number of amides is 1. The lowest BCUT2D eigenvalue weighted by atomic mass is 10.1. The van der Waals surface area contributed by atoms with Crippen molar-refractivity contribution in [1.29, 1.82) is 0 Å². The van der Waals surface area contributed by atoms with Gasteiger partial charge in [-0.2, -0.15) is 5.10 Å². The minimum atomic E-state index is -0.608. The number of furan rings is 1. The summed E-state index contributed by atoms with van der Waals surface area (Å²) in [5, 5.41) is 4.39. The maximum Gasteiger partial charge on any atom is 0.276 e. The first-order valence-corrected chi connectivity index (χ1v) is 7.97. The summed E-state index contributed by atoms with van der Waals surface area (Å²) in [7, 11) is 0. The van der Waals surface area contributed by atoms with Crippen LogP contribution in [0.5, 0.6) is 0 Å². The molecule has 0 spiro atoms. The van der Waals surface area contributed by atoms with Crippen molar-refractivity contribution in [2.75, 3.05) is 0 Å². The second-order valence-electron chi connectivity index (χ2n) is 5.32. The summed E-state index contributed by atoms with van der Waals surface area (Å²) in [6, 6.07) is 6.58. The van der Waals surface area contributed by atoms with Gasteiger partial charge in [0.25, 0.3) is 5.91 Å². The van der Waals surface area contributed by atoms with Crippen LogP contribution in [0.15, 0.2) is 44.8 Å². The molecule has 0 radical (unpaired) electrons. The summed E-state index contributed by atoms with van der Waals surface area (Å²) in [6.07, 6.45) is 2.79. The van der Waals surface area contributed by atoms with E-state index in [1.54, 1.807) is 28.8 Å². The van der Waals surface area contributed by atoms with E-state index in [9.17, 15) is 9.59 Å². The van der Waals surface area contributed by atoms with E-state index in [1.165, 1.54) is 12.4 Å². The van der Waals surface area contributed by atoms with Gasteiger partial charge in [0.15, 0.2) is 5.22 Å². The zero-order chi connectivity index (χ0) is 18.0. The normalized spacial score (nSPS) is 11.3. The number of aromatic nitrogens is 2. The van der Waals surface area contributed by atoms with Gasteiger partial charge in [0.1, 0.15) is 17.0 Å². The van der Waals surface area contributed by atoms with Crippen LogP contribution in [0, 0.1) is 6.92 Å². The molecule has 0 saturated heterocycles. The molecule has 0 aromatic carbocycles. The second kappa shape index (κ2) is 6.90. The molecular weight excluding hydrogens is 344 g/mol. The number of hydrogen-bond acceptors (Lipinski definition) is 5. The number of hydrazone groups is 1. The van der Waals surface area contributed by atoms with Gasteiger partial charge in [-0.1, -0.05) is 0 Å². The molecule has 0 unspecified atom stereocenters. The Morgan fingerprint density at radius 1 is 1.40 bits per heavy atom. The molecule has 0 aliphatic rings. The number of carbonyl (C=O) groups excluding carboxylic acids is 1. The van der Waals surface area contributed by atoms with Crippen molar-refractivity contribution in [1.82, 2.24) is 15.0 Å². The lowest BCUT2D eigenvalue weighted by molar-refractivity contribution is 0.0953. The lowest BCUT2D eigenvalue weighted by Crippen LogP contribution is -2.27. The van der Waals surface area contributed by atoms with Crippen molar-refractivity contribution in [2.24, 2.45) is 5.10 Å². The number of nitrogens with one attached hydrogen (secondary N) is 1. The van der Waals surface area contributed by atoms with Gasteiger partial charge in [0.05, 0.1) is 11.6 Å². The molecule has 8 heteroatoms. The minimum Gasteiger partial charge on any atom is -0.444 e. The Kier molecular flexibility index (Phi) is 4.67. The molecule has 3 aromatic rings. The summed E-state index contributed by atoms with van der Waals surface area (Å²) < 4.78 is 6.85. The maximum absolute atomic E-state index is 12.6. The molecule has 0 saturated carbocycles. The third kappa shape index (κ3) is 3.46. The van der Waals surface area contributed by atoms with E-state index in [0.717, 1.165) is 5.69 Å². The van der Waals surface area contributed by atoms with Gasteiger partial charge < -0.3 is 8.98 Å². The van der Waals surface area contributed by atoms with E-state index in [-0.39, 0.29) is 16.2 Å². The van der Waals surface area contributed by atoms with Crippen LogP contribution in [0.1, 0.15) is 28.7 Å². The quantitative estimate of drug-likeness (QED) is 0.573. The highest BCUT2D eigenvalue weighted by atomic mass is 35.5. The third-order valence-corrected chi connectivity index (χ3v) is 3.80. The van der Waals surface area contributed by atoms with Gasteiger partial charge in [0.2, 0.25) is 5.43 Å². The highest BCUT2D eigenvalue weighted by molar-refractivity contribution is 6.28. The number of rotatable bonds is 4. The number of aryl methyl sites for hydroxylation is 2. The second-order valence-corrected chi connectivity index (χ2v) is 5.70. The molecule has 7 nitrogen and oxygen atoms in total. The van der Waals surface area contributed by atoms with Crippen molar-refractivity contribution >= 4 is 34.8 Å². The first kappa shape index (κ1) is 16.9. The molecule has 3 rings (SSSR count). The number of carbonyl (C=O) groups is 1. The van der Waals surface area contributed by atoms with E-state index in [0.29, 0.717) is 23.3 Å². The van der Waals surface area contributed by atoms with Crippen LogP contribution >= 0.6 is 11.6 Å². The van der Waals surface area contributed by atoms with Crippen LogP contribution in [0.4, 0.5) is 0 Å². The fraction of sp³-hybridized carbons (Fsp3) is 0.176. The molecule has 0 bridgehead atoms. The molecule has 0 fully saturated rings. The maximum atomic E-state index is 12.6. The highest BCUT2D eigenvalue weighted by Crippen LogP contribution is 2.12. The average Bonchev–Trinajstić information content (AvgIpc) is 3.00. The lowest BCUT2D eigenvalue weighted by Gasteiger charge is -2.10. The number of halogens is 1. The Morgan fingerprint density at radius 2 is 2.20 bits per heavy atom. The smallest absolute Gasteiger partial charge is 0.276 e. The SMILES string of the molecule is CCn1cc(C(=O)N/N=C/c2ccc(Cl)o2)c(=O)c2ccc(C)nc21. The van der Waals surface area contributed by atoms with Crippen molar-refractivity contribution in [3.8, 4) is 0 Å². The zero-order valence-corrected chi connectivity index (χ0v) is 14.4. The first-order valence-electron chi connectivity index (χ1n) is 7.59. The minimum absolute atomic E-state index is 0.00497. The Bertz CT molecular complexity index is 1040. The topological polar surface area (TPSA) is 89.5 Å². The van der Waals surface area contributed by atoms with Crippen LogP contribution in [-0.4, -0.2) is 21.7 Å². The molecule has 128 valence electrons. The Balaban J connectivity index is 1.93. The summed E-state index contributed by atoms with van der Waals surface area (Å²) in [5.41, 5.74) is 3.28. The van der Waals surface area contributed by atoms with Gasteiger partial charge in [-0.05, 0) is 49.7 Å². The summed E-state index contributed by atoms with van der Waals surface area (Å²) in [6.45, 7) is 4.33. The Hall–Kier alpha value is -2.93. The van der Waals surface area contributed by atoms with E-state index >= 15 is 0 Å². The van der Waals surface area contributed by atoms with Crippen LogP contribution in [-0.2, 0) is 6.54 Å². The monoisotopic (exact) mass is 358 g/mol. The van der Waals surface area contributed by atoms with Gasteiger partial charge in [-0.15, -0.1) is 0 Å². The van der Waals surface area contributed by atoms with Crippen LogP contribution in [0.25, 0.3) is 11.0 Å². The number of hydrogen-bond donors (Lipinski definition) is 1. The van der Waals surface area contributed by atoms with Crippen molar-refractivity contribution < 1.29 is 9.21 Å². The van der Waals surface area contributed by atoms with Gasteiger partial charge in [-0.25, -0.2) is 10.4 Å². The number of pyridine rings is 2. The van der Waals surface area contributed by atoms with Crippen LogP contribution in [0.3, 0.4) is 0 Å². The van der Waals surface area contributed by atoms with Gasteiger partial charge in [-0.3, -0.25) is 9.59 Å². The molecule has 1 N–H and O–H groups in total. The van der Waals surface area contributed by atoms with Crippen LogP contribution < -0.4 is 10.9 Å². The molecule has 25 heavy (non-hydrogen) atoms. The molecular formula is C17H15ClN4O3. The molecule has 1 amide bonds. The molecule has 0 aliphatic heterocycles. The molecule has 0 aliphatic carbocycles. The fourth-order valence-corrected chi connectivity index (χ4v) is 2.53. The third-order valence-electron chi connectivity index (χ3n) is 3.60. The highest BCUT2D eigenvalue weighted by Gasteiger charge is 2.15. The van der Waals surface area contributed by atoms with Crippen molar-refractivity contribution in [3.63, 3.8) is 0 Å².